The molecule has 3 N–H and O–H groups in total. The van der Waals surface area contributed by atoms with E-state index in [1.54, 1.807) is 18.2 Å². The molecule has 148 valence electrons. The largest absolute Gasteiger partial charge is 0.416 e. The predicted octanol–water partition coefficient (Wildman–Crippen LogP) is 0.947. The van der Waals surface area contributed by atoms with Crippen molar-refractivity contribution in [1.29, 1.82) is 0 Å². The van der Waals surface area contributed by atoms with Crippen molar-refractivity contribution < 1.29 is 17.6 Å². The summed E-state index contributed by atoms with van der Waals surface area (Å²) in [4.78, 5) is 28.6. The van der Waals surface area contributed by atoms with E-state index >= 15 is 0 Å². The SMILES string of the molecule is O=C(CSc1nnc(C[C@@H]2CCS(=O)(=O)C2)o1)Nc1ccc2[nH]c(=O)[nH]c2c1. The lowest BCUT2D eigenvalue weighted by atomic mass is 10.1. The minimum Gasteiger partial charge on any atom is -0.416 e. The number of carbonyl (C=O) groups excluding carboxylic acids is 1. The number of hydrogen-bond acceptors (Lipinski definition) is 8. The van der Waals surface area contributed by atoms with Crippen molar-refractivity contribution in [3.05, 3.63) is 34.6 Å². The van der Waals surface area contributed by atoms with Crippen LogP contribution in [0.5, 0.6) is 0 Å². The van der Waals surface area contributed by atoms with E-state index in [0.29, 0.717) is 35.5 Å². The number of amides is 1. The number of benzene rings is 1. The smallest absolute Gasteiger partial charge is 0.323 e. The molecule has 1 atom stereocenters. The molecule has 3 aromatic rings. The number of anilines is 1. The van der Waals surface area contributed by atoms with Gasteiger partial charge in [-0.1, -0.05) is 11.8 Å². The molecular weight excluding hydrogens is 406 g/mol. The second kappa shape index (κ2) is 7.43. The number of nitrogens with zero attached hydrogens (tertiary/aromatic N) is 2. The summed E-state index contributed by atoms with van der Waals surface area (Å²) in [5, 5.41) is 10.8. The van der Waals surface area contributed by atoms with Gasteiger partial charge < -0.3 is 19.7 Å². The summed E-state index contributed by atoms with van der Waals surface area (Å²) in [6.45, 7) is 0. The Morgan fingerprint density at radius 2 is 2.11 bits per heavy atom. The molecule has 0 radical (unpaired) electrons. The molecular formula is C16H17N5O5S2. The predicted molar refractivity (Wildman–Crippen MR) is 103 cm³/mol. The number of imidazole rings is 1. The average molecular weight is 423 g/mol. The molecule has 0 saturated carbocycles. The van der Waals surface area contributed by atoms with Crippen molar-refractivity contribution in [3.8, 4) is 0 Å². The van der Waals surface area contributed by atoms with Gasteiger partial charge in [0.2, 0.25) is 11.8 Å². The zero-order valence-electron chi connectivity index (χ0n) is 14.6. The van der Waals surface area contributed by atoms with Crippen LogP contribution in [0.1, 0.15) is 12.3 Å². The van der Waals surface area contributed by atoms with E-state index in [2.05, 4.69) is 25.5 Å². The average Bonchev–Trinajstić information content (AvgIpc) is 3.31. The van der Waals surface area contributed by atoms with Crippen molar-refractivity contribution >= 4 is 44.2 Å². The topological polar surface area (TPSA) is 151 Å². The standard InChI is InChI=1S/C16H17N5O5S2/c22-13(17-10-1-2-11-12(6-10)19-15(23)18-11)7-27-16-21-20-14(26-16)5-9-3-4-28(24,25)8-9/h1-2,6,9H,3-5,7-8H2,(H,17,22)(H2,18,19,23)/t9-/m0/s1. The molecule has 28 heavy (non-hydrogen) atoms. The Labute approximate surface area is 163 Å². The van der Waals surface area contributed by atoms with E-state index in [9.17, 15) is 18.0 Å². The zero-order chi connectivity index (χ0) is 19.7. The van der Waals surface area contributed by atoms with E-state index in [-0.39, 0.29) is 40.0 Å². The fourth-order valence-corrected chi connectivity index (χ4v) is 5.54. The number of aromatic nitrogens is 4. The van der Waals surface area contributed by atoms with Crippen LogP contribution in [0.4, 0.5) is 5.69 Å². The number of thioether (sulfide) groups is 1. The van der Waals surface area contributed by atoms with Gasteiger partial charge in [-0.3, -0.25) is 4.79 Å². The van der Waals surface area contributed by atoms with Crippen LogP contribution in [0.3, 0.4) is 0 Å². The minimum atomic E-state index is -2.94. The Hall–Kier alpha value is -2.60. The summed E-state index contributed by atoms with van der Waals surface area (Å²) >= 11 is 1.10. The molecule has 1 amide bonds. The van der Waals surface area contributed by atoms with Crippen LogP contribution >= 0.6 is 11.8 Å². The molecule has 1 aliphatic heterocycles. The van der Waals surface area contributed by atoms with E-state index < -0.39 is 9.84 Å². The highest BCUT2D eigenvalue weighted by Crippen LogP contribution is 2.24. The van der Waals surface area contributed by atoms with Gasteiger partial charge in [-0.25, -0.2) is 13.2 Å². The van der Waals surface area contributed by atoms with Gasteiger partial charge >= 0.3 is 5.69 Å². The lowest BCUT2D eigenvalue weighted by molar-refractivity contribution is -0.113. The molecule has 1 saturated heterocycles. The lowest BCUT2D eigenvalue weighted by Gasteiger charge is -2.04. The number of hydrogen-bond donors (Lipinski definition) is 3. The number of carbonyl (C=O) groups is 1. The normalized spacial score (nSPS) is 18.5. The van der Waals surface area contributed by atoms with Crippen molar-refractivity contribution in [2.24, 2.45) is 5.92 Å². The van der Waals surface area contributed by atoms with Gasteiger partial charge in [-0.05, 0) is 30.5 Å². The highest BCUT2D eigenvalue weighted by Gasteiger charge is 2.29. The molecule has 2 aromatic heterocycles. The molecule has 0 unspecified atom stereocenters. The van der Waals surface area contributed by atoms with Gasteiger partial charge in [0.15, 0.2) is 9.84 Å². The van der Waals surface area contributed by atoms with Gasteiger partial charge in [0.05, 0.1) is 28.3 Å². The van der Waals surface area contributed by atoms with Crippen LogP contribution in [0, 0.1) is 5.92 Å². The van der Waals surface area contributed by atoms with Gasteiger partial charge in [0, 0.05) is 12.1 Å². The summed E-state index contributed by atoms with van der Waals surface area (Å²) in [5.74, 6) is 0.547. The number of sulfone groups is 1. The number of aromatic amines is 2. The number of H-pyrrole nitrogens is 2. The Balaban J connectivity index is 1.29. The summed E-state index contributed by atoms with van der Waals surface area (Å²) in [6, 6.07) is 5.05. The van der Waals surface area contributed by atoms with E-state index in [0.717, 1.165) is 11.8 Å². The molecule has 10 nitrogen and oxygen atoms in total. The second-order valence-electron chi connectivity index (χ2n) is 6.61. The summed E-state index contributed by atoms with van der Waals surface area (Å²) < 4.78 is 28.5. The third-order valence-electron chi connectivity index (χ3n) is 4.36. The third kappa shape index (κ3) is 4.44. The fraction of sp³-hybridized carbons (Fsp3) is 0.375. The summed E-state index contributed by atoms with van der Waals surface area (Å²) in [7, 11) is -2.94. The molecule has 0 aliphatic carbocycles. The monoisotopic (exact) mass is 423 g/mol. The molecule has 1 aromatic carbocycles. The Bertz CT molecular complexity index is 1180. The first kappa shape index (κ1) is 18.7. The van der Waals surface area contributed by atoms with Crippen LogP contribution in [0.15, 0.2) is 32.6 Å². The van der Waals surface area contributed by atoms with Crippen molar-refractivity contribution in [1.82, 2.24) is 20.2 Å². The number of fused-ring (bicyclic) bond motifs is 1. The van der Waals surface area contributed by atoms with E-state index in [1.165, 1.54) is 0 Å². The lowest BCUT2D eigenvalue weighted by Crippen LogP contribution is -2.13. The maximum Gasteiger partial charge on any atom is 0.323 e. The van der Waals surface area contributed by atoms with Crippen LogP contribution in [-0.4, -0.2) is 51.7 Å². The van der Waals surface area contributed by atoms with Gasteiger partial charge in [-0.2, -0.15) is 0 Å². The maximum atomic E-state index is 12.1. The van der Waals surface area contributed by atoms with E-state index in [1.807, 2.05) is 0 Å². The quantitative estimate of drug-likeness (QED) is 0.496. The van der Waals surface area contributed by atoms with Crippen molar-refractivity contribution in [2.75, 3.05) is 22.6 Å². The molecule has 4 rings (SSSR count). The zero-order valence-corrected chi connectivity index (χ0v) is 16.2. The number of rotatable bonds is 6. The van der Waals surface area contributed by atoms with Gasteiger partial charge in [0.25, 0.3) is 5.22 Å². The second-order valence-corrected chi connectivity index (χ2v) is 9.77. The molecule has 3 heterocycles. The van der Waals surface area contributed by atoms with E-state index in [4.69, 9.17) is 4.42 Å². The highest BCUT2D eigenvalue weighted by molar-refractivity contribution is 7.99. The molecule has 12 heteroatoms. The van der Waals surface area contributed by atoms with Crippen molar-refractivity contribution in [3.63, 3.8) is 0 Å². The molecule has 1 aliphatic rings. The summed E-state index contributed by atoms with van der Waals surface area (Å²) in [5.41, 5.74) is 1.51. The number of nitrogens with one attached hydrogen (secondary N) is 3. The summed E-state index contributed by atoms with van der Waals surface area (Å²) in [6.07, 6.45) is 1.03. The fourth-order valence-electron chi connectivity index (χ4n) is 3.09. The first-order chi connectivity index (χ1) is 13.4. The third-order valence-corrected chi connectivity index (χ3v) is 7.02. The molecule has 0 spiro atoms. The maximum absolute atomic E-state index is 12.1. The first-order valence-electron chi connectivity index (χ1n) is 8.54. The van der Waals surface area contributed by atoms with Gasteiger partial charge in [0.1, 0.15) is 0 Å². The van der Waals surface area contributed by atoms with Gasteiger partial charge in [-0.15, -0.1) is 10.2 Å². The molecule has 1 fully saturated rings. The minimum absolute atomic E-state index is 0.00129. The Kier molecular flexibility index (Phi) is 4.98. The van der Waals surface area contributed by atoms with Crippen molar-refractivity contribution in [2.45, 2.75) is 18.1 Å². The van der Waals surface area contributed by atoms with Crippen LogP contribution in [0.25, 0.3) is 11.0 Å². The Morgan fingerprint density at radius 1 is 1.29 bits per heavy atom. The van der Waals surface area contributed by atoms with Crippen LogP contribution in [-0.2, 0) is 21.1 Å². The van der Waals surface area contributed by atoms with Crippen LogP contribution < -0.4 is 11.0 Å². The molecule has 0 bridgehead atoms. The van der Waals surface area contributed by atoms with Crippen LogP contribution in [0.2, 0.25) is 0 Å². The first-order valence-corrected chi connectivity index (χ1v) is 11.3. The Morgan fingerprint density at radius 3 is 2.89 bits per heavy atom. The highest BCUT2D eigenvalue weighted by atomic mass is 32.2.